The van der Waals surface area contributed by atoms with Gasteiger partial charge in [0.1, 0.15) is 6.54 Å². The minimum absolute atomic E-state index is 0.0874. The van der Waals surface area contributed by atoms with Crippen LogP contribution in [0, 0.1) is 35.5 Å². The molecule has 5 nitrogen and oxygen atoms in total. The number of hydrogen-bond acceptors (Lipinski definition) is 3. The molecule has 6 aliphatic rings. The molecule has 1 aliphatic heterocycles. The lowest BCUT2D eigenvalue weighted by atomic mass is 9.63. The summed E-state index contributed by atoms with van der Waals surface area (Å²) in [7, 11) is 0. The van der Waals surface area contributed by atoms with E-state index >= 15 is 0 Å². The molecule has 0 aromatic carbocycles. The van der Waals surface area contributed by atoms with Gasteiger partial charge in [-0.25, -0.2) is 0 Å². The molecule has 1 N–H and O–H groups in total. The standard InChI is InChI=1S/C20H26N2O3/c23-16(21-11-5-3-1-2-4-6-11)10-22-19(24)17-12-7-8-13(15-9-14(12)15)18(17)20(22)25/h7-8,11-15,17-18H,1-6,9-10H2,(H,21,23). The van der Waals surface area contributed by atoms with Gasteiger partial charge in [0, 0.05) is 6.04 Å². The maximum atomic E-state index is 12.9. The Kier molecular flexibility index (Phi) is 3.54. The molecule has 134 valence electrons. The number of imide groups is 1. The third kappa shape index (κ3) is 2.38. The third-order valence-electron chi connectivity index (χ3n) is 7.28. The fourth-order valence-electron chi connectivity index (χ4n) is 6.02. The molecule has 2 bridgehead atoms. The van der Waals surface area contributed by atoms with Crippen LogP contribution in [0.4, 0.5) is 0 Å². The van der Waals surface area contributed by atoms with Gasteiger partial charge in [0.15, 0.2) is 0 Å². The number of nitrogens with one attached hydrogen (secondary N) is 1. The molecule has 6 unspecified atom stereocenters. The highest BCUT2D eigenvalue weighted by molar-refractivity contribution is 6.08. The average molecular weight is 342 g/mol. The predicted molar refractivity (Wildman–Crippen MR) is 91.0 cm³/mol. The van der Waals surface area contributed by atoms with E-state index < -0.39 is 0 Å². The van der Waals surface area contributed by atoms with Gasteiger partial charge in [-0.2, -0.15) is 0 Å². The van der Waals surface area contributed by atoms with Crippen LogP contribution >= 0.6 is 0 Å². The minimum atomic E-state index is -0.197. The van der Waals surface area contributed by atoms with Crippen molar-refractivity contribution in [2.45, 2.75) is 51.0 Å². The van der Waals surface area contributed by atoms with Crippen LogP contribution in [0.2, 0.25) is 0 Å². The zero-order valence-electron chi connectivity index (χ0n) is 14.5. The molecule has 3 amide bonds. The van der Waals surface area contributed by atoms with E-state index in [1.165, 1.54) is 17.7 Å². The zero-order valence-corrected chi connectivity index (χ0v) is 14.5. The van der Waals surface area contributed by atoms with Crippen LogP contribution in [-0.2, 0) is 14.4 Å². The summed E-state index contributed by atoms with van der Waals surface area (Å²) in [6, 6.07) is 0.204. The molecule has 0 aromatic rings. The topological polar surface area (TPSA) is 66.5 Å². The molecule has 1 saturated heterocycles. The molecule has 0 aromatic heterocycles. The van der Waals surface area contributed by atoms with Crippen molar-refractivity contribution in [1.29, 1.82) is 0 Å². The van der Waals surface area contributed by atoms with Crippen LogP contribution in [-0.4, -0.2) is 35.2 Å². The van der Waals surface area contributed by atoms with E-state index in [4.69, 9.17) is 0 Å². The second-order valence-electron chi connectivity index (χ2n) is 8.67. The first-order valence-corrected chi connectivity index (χ1v) is 9.98. The molecule has 5 aliphatic carbocycles. The molecule has 0 spiro atoms. The molecule has 3 saturated carbocycles. The number of nitrogens with zero attached hydrogens (tertiary/aromatic N) is 1. The molecule has 25 heavy (non-hydrogen) atoms. The summed E-state index contributed by atoms with van der Waals surface area (Å²) >= 11 is 0. The van der Waals surface area contributed by atoms with E-state index in [1.807, 2.05) is 0 Å². The predicted octanol–water partition coefficient (Wildman–Crippen LogP) is 1.88. The van der Waals surface area contributed by atoms with Gasteiger partial charge in [-0.05, 0) is 42.9 Å². The first kappa shape index (κ1) is 15.6. The molecule has 5 heteroatoms. The lowest BCUT2D eigenvalue weighted by Gasteiger charge is -2.37. The highest BCUT2D eigenvalue weighted by Gasteiger charge is 2.67. The molecule has 6 atom stereocenters. The Balaban J connectivity index is 1.27. The van der Waals surface area contributed by atoms with E-state index in [1.54, 1.807) is 0 Å². The minimum Gasteiger partial charge on any atom is -0.352 e. The van der Waals surface area contributed by atoms with Crippen molar-refractivity contribution in [2.75, 3.05) is 6.54 Å². The van der Waals surface area contributed by atoms with E-state index in [9.17, 15) is 14.4 Å². The largest absolute Gasteiger partial charge is 0.352 e. The summed E-state index contributed by atoms with van der Waals surface area (Å²) in [6.45, 7) is -0.0874. The van der Waals surface area contributed by atoms with Crippen LogP contribution in [0.25, 0.3) is 0 Å². The van der Waals surface area contributed by atoms with Crippen molar-refractivity contribution in [1.82, 2.24) is 10.2 Å². The van der Waals surface area contributed by atoms with Gasteiger partial charge >= 0.3 is 0 Å². The van der Waals surface area contributed by atoms with Crippen molar-refractivity contribution >= 4 is 17.7 Å². The Morgan fingerprint density at radius 1 is 0.960 bits per heavy atom. The van der Waals surface area contributed by atoms with Crippen molar-refractivity contribution in [3.05, 3.63) is 12.2 Å². The fourth-order valence-corrected chi connectivity index (χ4v) is 6.02. The number of rotatable bonds is 3. The van der Waals surface area contributed by atoms with Crippen LogP contribution in [0.15, 0.2) is 12.2 Å². The van der Waals surface area contributed by atoms with Crippen LogP contribution < -0.4 is 5.32 Å². The SMILES string of the molecule is O=C(CN1C(=O)C2C3C=CC(C4CC34)C2C1=O)NC1CCCCCC1. The number of hydrogen-bond donors (Lipinski definition) is 1. The van der Waals surface area contributed by atoms with Crippen LogP contribution in [0.3, 0.4) is 0 Å². The lowest BCUT2D eigenvalue weighted by molar-refractivity contribution is -0.144. The summed E-state index contributed by atoms with van der Waals surface area (Å²) in [5, 5.41) is 3.06. The molecule has 1 heterocycles. The maximum absolute atomic E-state index is 12.9. The highest BCUT2D eigenvalue weighted by atomic mass is 16.2. The molecule has 6 rings (SSSR count). The fraction of sp³-hybridized carbons (Fsp3) is 0.750. The molecule has 0 radical (unpaired) electrons. The average Bonchev–Trinajstić information content (AvgIpc) is 3.40. The Morgan fingerprint density at radius 3 is 2.08 bits per heavy atom. The smallest absolute Gasteiger partial charge is 0.240 e. The van der Waals surface area contributed by atoms with Crippen molar-refractivity contribution < 1.29 is 14.4 Å². The van der Waals surface area contributed by atoms with Crippen molar-refractivity contribution in [2.24, 2.45) is 35.5 Å². The molecule has 4 fully saturated rings. The number of carbonyl (C=O) groups excluding carboxylic acids is 3. The summed E-state index contributed by atoms with van der Waals surface area (Å²) in [6.07, 6.45) is 12.3. The zero-order chi connectivity index (χ0) is 17.1. The van der Waals surface area contributed by atoms with Crippen molar-refractivity contribution in [3.8, 4) is 0 Å². The van der Waals surface area contributed by atoms with Gasteiger partial charge in [-0.1, -0.05) is 37.8 Å². The second-order valence-corrected chi connectivity index (χ2v) is 8.67. The normalized spacial score (nSPS) is 42.2. The highest BCUT2D eigenvalue weighted by Crippen LogP contribution is 2.65. The van der Waals surface area contributed by atoms with Gasteiger partial charge in [-0.15, -0.1) is 0 Å². The Hall–Kier alpha value is -1.65. The number of amides is 3. The summed E-state index contributed by atoms with van der Waals surface area (Å²) < 4.78 is 0. The second kappa shape index (κ2) is 5.68. The van der Waals surface area contributed by atoms with Gasteiger partial charge in [0.2, 0.25) is 17.7 Å². The van der Waals surface area contributed by atoms with Gasteiger partial charge < -0.3 is 5.32 Å². The number of carbonyl (C=O) groups is 3. The summed E-state index contributed by atoms with van der Waals surface area (Å²) in [5.41, 5.74) is 0. The summed E-state index contributed by atoms with van der Waals surface area (Å²) in [4.78, 5) is 39.5. The van der Waals surface area contributed by atoms with Gasteiger partial charge in [0.05, 0.1) is 11.8 Å². The first-order chi connectivity index (χ1) is 12.1. The van der Waals surface area contributed by atoms with Gasteiger partial charge in [0.25, 0.3) is 0 Å². The lowest BCUT2D eigenvalue weighted by Crippen LogP contribution is -2.44. The number of likely N-dealkylation sites (tertiary alicyclic amines) is 1. The quantitative estimate of drug-likeness (QED) is 0.484. The first-order valence-electron chi connectivity index (χ1n) is 9.98. The van der Waals surface area contributed by atoms with Gasteiger partial charge in [-0.3, -0.25) is 19.3 Å². The Labute approximate surface area is 148 Å². The van der Waals surface area contributed by atoms with E-state index in [-0.39, 0.29) is 54.0 Å². The van der Waals surface area contributed by atoms with Crippen LogP contribution in [0.1, 0.15) is 44.9 Å². The van der Waals surface area contributed by atoms with E-state index in [0.717, 1.165) is 32.1 Å². The monoisotopic (exact) mass is 342 g/mol. The molecular formula is C20H26N2O3. The third-order valence-corrected chi connectivity index (χ3v) is 7.28. The number of allylic oxidation sites excluding steroid dienone is 2. The Bertz CT molecular complexity index is 613. The maximum Gasteiger partial charge on any atom is 0.240 e. The van der Waals surface area contributed by atoms with Crippen molar-refractivity contribution in [3.63, 3.8) is 0 Å². The van der Waals surface area contributed by atoms with Crippen LogP contribution in [0.5, 0.6) is 0 Å². The summed E-state index contributed by atoms with van der Waals surface area (Å²) in [5.74, 6) is 0.899. The molecular weight excluding hydrogens is 316 g/mol. The Morgan fingerprint density at radius 2 is 1.52 bits per heavy atom. The van der Waals surface area contributed by atoms with E-state index in [2.05, 4.69) is 17.5 Å². The van der Waals surface area contributed by atoms with E-state index in [0.29, 0.717) is 11.8 Å².